The third kappa shape index (κ3) is 4.75. The number of hydrogen-bond acceptors (Lipinski definition) is 5. The first-order valence-electron chi connectivity index (χ1n) is 8.53. The highest BCUT2D eigenvalue weighted by atomic mass is 19.3. The standard InChI is InChI=1S/C18H22F4NO4/c1-5-23-14(16(19)20)12(11(25)8-24)10(7-9(3)4)13(15(23)17(21)22)18(26)27-6-2/h9-10,16-17H,5-7H2,1-4H3. The van der Waals surface area contributed by atoms with Crippen molar-refractivity contribution >= 4 is 18.0 Å². The maximum absolute atomic E-state index is 13.8. The van der Waals surface area contributed by atoms with Gasteiger partial charge in [0.15, 0.2) is 0 Å². The third-order valence-electron chi connectivity index (χ3n) is 4.10. The first kappa shape index (κ1) is 22.9. The number of carbonyl (C=O) groups is 2. The Hall–Kier alpha value is -2.19. The normalized spacial score (nSPS) is 18.0. The van der Waals surface area contributed by atoms with Gasteiger partial charge in [0.25, 0.3) is 19.1 Å². The summed E-state index contributed by atoms with van der Waals surface area (Å²) in [6.45, 7) is 5.64. The monoisotopic (exact) mass is 392 g/mol. The van der Waals surface area contributed by atoms with Gasteiger partial charge in [-0.3, -0.25) is 9.59 Å². The van der Waals surface area contributed by atoms with E-state index in [1.54, 1.807) is 13.8 Å². The summed E-state index contributed by atoms with van der Waals surface area (Å²) in [6.07, 6.45) is -5.60. The first-order chi connectivity index (χ1) is 12.6. The minimum absolute atomic E-state index is 0.0686. The van der Waals surface area contributed by atoms with Crippen molar-refractivity contribution in [2.24, 2.45) is 11.8 Å². The summed E-state index contributed by atoms with van der Waals surface area (Å²) < 4.78 is 60.0. The Labute approximate surface area is 155 Å². The minimum Gasteiger partial charge on any atom is -0.463 e. The van der Waals surface area contributed by atoms with E-state index in [9.17, 15) is 31.9 Å². The van der Waals surface area contributed by atoms with Crippen LogP contribution < -0.4 is 0 Å². The van der Waals surface area contributed by atoms with Crippen LogP contribution in [0.3, 0.4) is 0 Å². The van der Waals surface area contributed by atoms with Gasteiger partial charge in [0.2, 0.25) is 5.78 Å². The van der Waals surface area contributed by atoms with Crippen LogP contribution in [0, 0.1) is 11.8 Å². The van der Waals surface area contributed by atoms with Crippen LogP contribution in [0.1, 0.15) is 34.1 Å². The van der Waals surface area contributed by atoms with E-state index in [1.807, 2.05) is 0 Å². The van der Waals surface area contributed by atoms with E-state index in [1.165, 1.54) is 13.8 Å². The Morgan fingerprint density at radius 2 is 1.59 bits per heavy atom. The van der Waals surface area contributed by atoms with Crippen molar-refractivity contribution in [1.29, 1.82) is 0 Å². The van der Waals surface area contributed by atoms with Crippen molar-refractivity contribution in [2.45, 2.75) is 47.0 Å². The molecule has 0 saturated carbocycles. The number of Topliss-reactive ketones (excluding diaryl/α,β-unsaturated/α-hetero) is 1. The van der Waals surface area contributed by atoms with Crippen molar-refractivity contribution in [1.82, 2.24) is 4.90 Å². The van der Waals surface area contributed by atoms with Crippen LogP contribution in [0.5, 0.6) is 0 Å². The second-order valence-corrected chi connectivity index (χ2v) is 6.28. The van der Waals surface area contributed by atoms with Gasteiger partial charge in [-0.1, -0.05) is 13.8 Å². The summed E-state index contributed by atoms with van der Waals surface area (Å²) in [4.78, 5) is 36.1. The van der Waals surface area contributed by atoms with Gasteiger partial charge in [0.1, 0.15) is 0 Å². The molecule has 151 valence electrons. The van der Waals surface area contributed by atoms with Crippen LogP contribution in [-0.4, -0.2) is 48.9 Å². The number of esters is 1. The Balaban J connectivity index is 3.90. The molecule has 9 heteroatoms. The van der Waals surface area contributed by atoms with Crippen LogP contribution in [0.25, 0.3) is 0 Å². The van der Waals surface area contributed by atoms with Crippen molar-refractivity contribution in [3.05, 3.63) is 22.5 Å². The SMILES string of the molecule is CCOC(=O)C1=C(C(F)F)N(CC)C(C(F)F)=C(C(=O)[C]=O)C1CC(C)C. The zero-order valence-electron chi connectivity index (χ0n) is 15.5. The summed E-state index contributed by atoms with van der Waals surface area (Å²) in [7, 11) is 0. The van der Waals surface area contributed by atoms with Gasteiger partial charge in [-0.25, -0.2) is 22.4 Å². The fourth-order valence-electron chi connectivity index (χ4n) is 3.23. The Morgan fingerprint density at radius 3 is 1.96 bits per heavy atom. The van der Waals surface area contributed by atoms with Crippen LogP contribution in [0.15, 0.2) is 22.5 Å². The summed E-state index contributed by atoms with van der Waals surface area (Å²) in [5.74, 6) is -4.17. The molecule has 0 aromatic carbocycles. The number of nitrogens with zero attached hydrogens (tertiary/aromatic N) is 1. The number of ether oxygens (including phenoxy) is 1. The molecule has 1 aliphatic heterocycles. The molecule has 0 bridgehead atoms. The van der Waals surface area contributed by atoms with Crippen molar-refractivity contribution in [3.8, 4) is 0 Å². The summed E-state index contributed by atoms with van der Waals surface area (Å²) in [5.41, 5.74) is -3.15. The molecule has 0 spiro atoms. The fraction of sp³-hybridized carbons (Fsp3) is 0.611. The molecule has 1 unspecified atom stereocenters. The Kier molecular flexibility index (Phi) is 8.18. The highest BCUT2D eigenvalue weighted by Gasteiger charge is 2.45. The molecule has 27 heavy (non-hydrogen) atoms. The lowest BCUT2D eigenvalue weighted by atomic mass is 9.77. The molecule has 0 saturated heterocycles. The fourth-order valence-corrected chi connectivity index (χ4v) is 3.23. The third-order valence-corrected chi connectivity index (χ3v) is 4.10. The zero-order chi connectivity index (χ0) is 20.9. The van der Waals surface area contributed by atoms with E-state index in [4.69, 9.17) is 4.74 Å². The smallest absolute Gasteiger partial charge is 0.336 e. The molecule has 5 nitrogen and oxygen atoms in total. The number of hydrogen-bond donors (Lipinski definition) is 0. The van der Waals surface area contributed by atoms with E-state index in [0.717, 1.165) is 6.29 Å². The summed E-state index contributed by atoms with van der Waals surface area (Å²) in [5, 5.41) is 0. The molecule has 1 aliphatic rings. The van der Waals surface area contributed by atoms with Crippen molar-refractivity contribution in [2.75, 3.05) is 13.2 Å². The van der Waals surface area contributed by atoms with Crippen LogP contribution in [0.2, 0.25) is 0 Å². The average Bonchev–Trinajstić information content (AvgIpc) is 2.58. The average molecular weight is 392 g/mol. The highest BCUT2D eigenvalue weighted by Crippen LogP contribution is 2.43. The van der Waals surface area contributed by atoms with Gasteiger partial charge >= 0.3 is 5.97 Å². The largest absolute Gasteiger partial charge is 0.463 e. The lowest BCUT2D eigenvalue weighted by Gasteiger charge is -2.39. The zero-order valence-corrected chi connectivity index (χ0v) is 15.5. The van der Waals surface area contributed by atoms with Crippen LogP contribution in [0.4, 0.5) is 17.6 Å². The van der Waals surface area contributed by atoms with Gasteiger partial charge in [0, 0.05) is 18.0 Å². The molecule has 0 amide bonds. The van der Waals surface area contributed by atoms with Crippen molar-refractivity contribution in [3.63, 3.8) is 0 Å². The Morgan fingerprint density at radius 1 is 1.07 bits per heavy atom. The first-order valence-corrected chi connectivity index (χ1v) is 8.53. The van der Waals surface area contributed by atoms with E-state index in [-0.39, 0.29) is 25.5 Å². The van der Waals surface area contributed by atoms with Gasteiger partial charge in [-0.2, -0.15) is 0 Å². The molecule has 1 radical (unpaired) electrons. The van der Waals surface area contributed by atoms with E-state index < -0.39 is 53.1 Å². The predicted octanol–water partition coefficient (Wildman–Crippen LogP) is 3.26. The molecule has 0 aromatic rings. The molecule has 1 atom stereocenters. The summed E-state index contributed by atoms with van der Waals surface area (Å²) in [6, 6.07) is 0. The van der Waals surface area contributed by atoms with E-state index >= 15 is 0 Å². The predicted molar refractivity (Wildman–Crippen MR) is 88.7 cm³/mol. The van der Waals surface area contributed by atoms with Crippen LogP contribution >= 0.6 is 0 Å². The van der Waals surface area contributed by atoms with E-state index in [0.29, 0.717) is 4.90 Å². The molecule has 1 rings (SSSR count). The highest BCUT2D eigenvalue weighted by molar-refractivity contribution is 6.34. The maximum Gasteiger partial charge on any atom is 0.336 e. The molecule has 0 aliphatic carbocycles. The summed E-state index contributed by atoms with van der Waals surface area (Å²) >= 11 is 0. The Bertz CT molecular complexity index is 656. The van der Waals surface area contributed by atoms with Crippen LogP contribution in [-0.2, 0) is 19.1 Å². The van der Waals surface area contributed by atoms with Gasteiger partial charge in [-0.05, 0) is 26.2 Å². The number of rotatable bonds is 9. The number of ketones is 1. The lowest BCUT2D eigenvalue weighted by molar-refractivity contribution is -0.139. The molecule has 0 aromatic heterocycles. The number of halogens is 4. The van der Waals surface area contributed by atoms with Gasteiger partial charge in [-0.15, -0.1) is 0 Å². The molecule has 1 heterocycles. The maximum atomic E-state index is 13.8. The van der Waals surface area contributed by atoms with E-state index in [2.05, 4.69) is 0 Å². The topological polar surface area (TPSA) is 63.7 Å². The lowest BCUT2D eigenvalue weighted by Crippen LogP contribution is -2.42. The number of carbonyl (C=O) groups excluding carboxylic acids is 3. The van der Waals surface area contributed by atoms with Gasteiger partial charge in [0.05, 0.1) is 23.6 Å². The molecule has 0 N–H and O–H groups in total. The molecular weight excluding hydrogens is 370 g/mol. The number of alkyl halides is 4. The molecular formula is C18H22F4NO4. The number of allylic oxidation sites excluding steroid dienone is 3. The minimum atomic E-state index is -3.30. The quantitative estimate of drug-likeness (QED) is 0.342. The van der Waals surface area contributed by atoms with Crippen molar-refractivity contribution < 1.29 is 36.7 Å². The second kappa shape index (κ2) is 9.66. The second-order valence-electron chi connectivity index (χ2n) is 6.28. The van der Waals surface area contributed by atoms with Gasteiger partial charge < -0.3 is 9.64 Å². The molecule has 0 fully saturated rings.